The summed E-state index contributed by atoms with van der Waals surface area (Å²) in [5.74, 6) is -4.66. The Hall–Kier alpha value is -1.17. The second-order valence-corrected chi connectivity index (χ2v) is 5.36. The van der Waals surface area contributed by atoms with Crippen LogP contribution in [0.3, 0.4) is 0 Å². The molecule has 0 rings (SSSR count). The molecule has 94 valence electrons. The normalized spacial score (nSPS) is 12.6. The number of nitriles is 2. The molecule has 0 aromatic heterocycles. The van der Waals surface area contributed by atoms with Gasteiger partial charge in [-0.05, 0) is 0 Å². The summed E-state index contributed by atoms with van der Waals surface area (Å²) in [4.78, 5) is 20.5. The molecule has 0 unspecified atom stereocenters. The van der Waals surface area contributed by atoms with Crippen molar-refractivity contribution in [3.63, 3.8) is 0 Å². The number of halogens is 2. The van der Waals surface area contributed by atoms with Crippen molar-refractivity contribution in [2.45, 2.75) is 0 Å². The molecule has 0 aliphatic carbocycles. The number of carboxylic acids is 1. The van der Waals surface area contributed by atoms with E-state index in [-0.39, 0.29) is 0 Å². The van der Waals surface area contributed by atoms with Crippen molar-refractivity contribution in [1.29, 1.82) is 10.5 Å². The van der Waals surface area contributed by atoms with Crippen molar-refractivity contribution >= 4 is 43.9 Å². The van der Waals surface area contributed by atoms with Crippen LogP contribution in [0.2, 0.25) is 0 Å². The molecule has 0 bridgehead atoms. The van der Waals surface area contributed by atoms with Crippen molar-refractivity contribution in [2.75, 3.05) is 0 Å². The number of carbonyl (C=O) groups excluding carboxylic acids is 1. The zero-order valence-corrected chi connectivity index (χ0v) is 9.93. The van der Waals surface area contributed by atoms with Crippen LogP contribution in [-0.4, -0.2) is 17.0 Å². The quantitative estimate of drug-likeness (QED) is 0.348. The molecule has 0 aliphatic rings. The van der Waals surface area contributed by atoms with Crippen LogP contribution in [-0.2, 0) is 22.1 Å². The summed E-state index contributed by atoms with van der Waals surface area (Å²) in [6.45, 7) is 0. The Morgan fingerprint density at radius 2 is 1.59 bits per heavy atom. The van der Waals surface area contributed by atoms with Gasteiger partial charge in [-0.3, -0.25) is 0 Å². The van der Waals surface area contributed by atoms with Gasteiger partial charge >= 0.3 is 101 Å². The molecule has 0 aromatic rings. The van der Waals surface area contributed by atoms with Gasteiger partial charge in [-0.25, -0.2) is 0 Å². The fourth-order valence-electron chi connectivity index (χ4n) is 0.363. The fourth-order valence-corrected chi connectivity index (χ4v) is 2.47. The molecule has 0 aromatic carbocycles. The van der Waals surface area contributed by atoms with Gasteiger partial charge in [-0.2, -0.15) is 0 Å². The van der Waals surface area contributed by atoms with Crippen molar-refractivity contribution in [1.82, 2.24) is 0 Å². The Kier molecular flexibility index (Phi) is 5.54. The molecule has 0 atom stereocenters. The number of rotatable bonds is 5. The molecule has 0 aliphatic heterocycles. The molecule has 1 N–H and O–H groups in total. The van der Waals surface area contributed by atoms with E-state index in [1.54, 1.807) is 0 Å². The molecular formula is C4HF2N2O6PS2. The Labute approximate surface area is 101 Å². The second-order valence-electron chi connectivity index (χ2n) is 1.88. The van der Waals surface area contributed by atoms with Crippen LogP contribution in [0, 0.1) is 21.3 Å². The van der Waals surface area contributed by atoms with Crippen molar-refractivity contribution in [3.8, 4) is 10.8 Å². The van der Waals surface area contributed by atoms with E-state index in [1.165, 1.54) is 0 Å². The summed E-state index contributed by atoms with van der Waals surface area (Å²) in [5.41, 5.74) is 0. The zero-order valence-electron chi connectivity index (χ0n) is 7.40. The summed E-state index contributed by atoms with van der Waals surface area (Å²) in [6.07, 6.45) is 0. The van der Waals surface area contributed by atoms with E-state index in [0.29, 0.717) is 0 Å². The Balaban J connectivity index is 4.96. The summed E-state index contributed by atoms with van der Waals surface area (Å²) >= 11 is -0.973. The maximum atomic E-state index is 13.4. The number of hydrogen-bond acceptors (Lipinski definition) is 9. The van der Waals surface area contributed by atoms with Gasteiger partial charge in [0.2, 0.25) is 0 Å². The molecule has 0 radical (unpaired) electrons. The van der Waals surface area contributed by atoms with Gasteiger partial charge in [0, 0.05) is 0 Å². The molecule has 8 nitrogen and oxygen atoms in total. The first-order valence-corrected chi connectivity index (χ1v) is 6.42. The number of nitrogens with zero attached hydrogens (tertiary/aromatic N) is 2. The molecule has 0 amide bonds. The van der Waals surface area contributed by atoms with Crippen molar-refractivity contribution < 1.29 is 35.6 Å². The first-order chi connectivity index (χ1) is 7.73. The summed E-state index contributed by atoms with van der Waals surface area (Å²) in [7, 11) is -7.14. The minimum atomic E-state index is -7.14. The van der Waals surface area contributed by atoms with Crippen molar-refractivity contribution in [3.05, 3.63) is 0 Å². The van der Waals surface area contributed by atoms with Crippen LogP contribution in [0.25, 0.3) is 0 Å². The number of thiocyanates is 2. The van der Waals surface area contributed by atoms with Crippen LogP contribution >= 0.6 is 32.0 Å². The van der Waals surface area contributed by atoms with Gasteiger partial charge < -0.3 is 0 Å². The average molecular weight is 306 g/mol. The monoisotopic (exact) mass is 306 g/mol. The number of aliphatic carboxylic acids is 1. The maximum absolute atomic E-state index is 13.4. The van der Waals surface area contributed by atoms with E-state index >= 15 is 0 Å². The third-order valence-electron chi connectivity index (χ3n) is 0.785. The van der Waals surface area contributed by atoms with Gasteiger partial charge in [-0.1, -0.05) is 0 Å². The van der Waals surface area contributed by atoms with E-state index in [0.717, 1.165) is 10.8 Å². The zero-order chi connectivity index (χ0) is 13.6. The van der Waals surface area contributed by atoms with E-state index in [1.807, 2.05) is 0 Å². The predicted octanol–water partition coefficient (Wildman–Crippen LogP) is 1.97. The standard InChI is InChI=1S/C4HF2N2O6PS2/c5-15(6,13-16-1-7,14-17-2-8)12-4(11)3(9)10/h(H,9,10). The molecule has 0 fully saturated rings. The minimum absolute atomic E-state index is 0.486. The summed E-state index contributed by atoms with van der Waals surface area (Å²) in [6, 6.07) is 0. The van der Waals surface area contributed by atoms with Gasteiger partial charge in [0.1, 0.15) is 0 Å². The first kappa shape index (κ1) is 15.8. The molecule has 17 heavy (non-hydrogen) atoms. The Bertz CT molecular complexity index is 397. The SMILES string of the molecule is N#CSOP(F)(F)(OSC#N)OC(=O)C(=O)O. The summed E-state index contributed by atoms with van der Waals surface area (Å²) in [5, 5.41) is 26.2. The van der Waals surface area contributed by atoms with E-state index in [2.05, 4.69) is 12.5 Å². The molecule has 0 heterocycles. The van der Waals surface area contributed by atoms with E-state index in [4.69, 9.17) is 15.6 Å². The van der Waals surface area contributed by atoms with Crippen LogP contribution in [0.5, 0.6) is 0 Å². The number of carboxylic acid groups (broad SMARTS) is 1. The number of hydrogen-bond donors (Lipinski definition) is 1. The van der Waals surface area contributed by atoms with Crippen molar-refractivity contribution in [2.24, 2.45) is 0 Å². The topological polar surface area (TPSA) is 130 Å². The van der Waals surface area contributed by atoms with Gasteiger partial charge in [0.05, 0.1) is 0 Å². The van der Waals surface area contributed by atoms with E-state index < -0.39 is 43.9 Å². The van der Waals surface area contributed by atoms with Crippen LogP contribution < -0.4 is 0 Å². The fraction of sp³-hybridized carbons (Fsp3) is 0. The van der Waals surface area contributed by atoms with E-state index in [9.17, 15) is 18.0 Å². The summed E-state index contributed by atoms with van der Waals surface area (Å²) < 4.78 is 37.2. The molecule has 13 heteroatoms. The van der Waals surface area contributed by atoms with Gasteiger partial charge in [0.25, 0.3) is 0 Å². The Morgan fingerprint density at radius 3 is 1.88 bits per heavy atom. The average Bonchev–Trinajstić information content (AvgIpc) is 2.24. The third kappa shape index (κ3) is 5.63. The molecule has 0 spiro atoms. The number of carbonyl (C=O) groups is 2. The molecular weight excluding hydrogens is 305 g/mol. The predicted molar refractivity (Wildman–Crippen MR) is 51.4 cm³/mol. The third-order valence-corrected chi connectivity index (χ3v) is 3.86. The van der Waals surface area contributed by atoms with Crippen LogP contribution in [0.4, 0.5) is 8.39 Å². The van der Waals surface area contributed by atoms with Gasteiger partial charge in [-0.15, -0.1) is 0 Å². The Morgan fingerprint density at radius 1 is 1.18 bits per heavy atom. The van der Waals surface area contributed by atoms with Gasteiger partial charge in [0.15, 0.2) is 0 Å². The van der Waals surface area contributed by atoms with Crippen LogP contribution in [0.15, 0.2) is 0 Å². The molecule has 0 saturated carbocycles. The molecule has 0 saturated heterocycles. The van der Waals surface area contributed by atoms with Crippen LogP contribution in [0.1, 0.15) is 0 Å². The first-order valence-electron chi connectivity index (χ1n) is 3.16. The second kappa shape index (κ2) is 5.95.